The van der Waals surface area contributed by atoms with Crippen molar-refractivity contribution in [2.75, 3.05) is 6.61 Å². The van der Waals surface area contributed by atoms with E-state index in [1.807, 2.05) is 0 Å². The molecule has 1 aromatic heterocycles. The van der Waals surface area contributed by atoms with Gasteiger partial charge in [0.25, 0.3) is 5.56 Å². The van der Waals surface area contributed by atoms with Gasteiger partial charge in [0.15, 0.2) is 0 Å². The van der Waals surface area contributed by atoms with Crippen LogP contribution >= 0.6 is 0 Å². The molecule has 0 aromatic carbocycles. The van der Waals surface area contributed by atoms with Gasteiger partial charge in [0.2, 0.25) is 0 Å². The monoisotopic (exact) mass is 268 g/mol. The van der Waals surface area contributed by atoms with Crippen LogP contribution in [0.4, 0.5) is 0 Å². The van der Waals surface area contributed by atoms with Gasteiger partial charge in [-0.25, -0.2) is 4.79 Å². The molecule has 19 heavy (non-hydrogen) atoms. The maximum Gasteiger partial charge on any atom is 0.330 e. The van der Waals surface area contributed by atoms with E-state index in [0.29, 0.717) is 0 Å². The van der Waals surface area contributed by atoms with E-state index in [0.717, 1.165) is 0 Å². The Morgan fingerprint density at radius 2 is 2.26 bits per heavy atom. The van der Waals surface area contributed by atoms with Gasteiger partial charge in [-0.05, 0) is 6.92 Å². The summed E-state index contributed by atoms with van der Waals surface area (Å²) >= 11 is 0. The third-order valence-electron chi connectivity index (χ3n) is 2.55. The van der Waals surface area contributed by atoms with Crippen molar-refractivity contribution >= 4 is 0 Å². The molecular formula is C12H16N2O5. The molecule has 1 aliphatic rings. The zero-order valence-corrected chi connectivity index (χ0v) is 10.4. The summed E-state index contributed by atoms with van der Waals surface area (Å²) in [5, 5.41) is 18.4. The standard InChI is InChI=1S/C9H12N2O5.C3H4/c12-4-6-5(13)3-8(16-6)11-2-1-7(14)10-9(11)15;1-3-2/h1-2,5-6,8,12-13H,3-4H2,(H,10,14,15);1H,2H3/t5-,6+,8?;/m0./s1. The summed E-state index contributed by atoms with van der Waals surface area (Å²) in [6, 6.07) is 1.20. The minimum absolute atomic E-state index is 0.206. The van der Waals surface area contributed by atoms with Crippen molar-refractivity contribution in [2.24, 2.45) is 0 Å². The fourth-order valence-corrected chi connectivity index (χ4v) is 1.70. The van der Waals surface area contributed by atoms with Crippen molar-refractivity contribution in [3.63, 3.8) is 0 Å². The molecule has 0 bridgehead atoms. The predicted molar refractivity (Wildman–Crippen MR) is 67.4 cm³/mol. The summed E-state index contributed by atoms with van der Waals surface area (Å²) in [6.45, 7) is 1.34. The van der Waals surface area contributed by atoms with Gasteiger partial charge >= 0.3 is 5.69 Å². The summed E-state index contributed by atoms with van der Waals surface area (Å²) in [4.78, 5) is 24.3. The first-order valence-corrected chi connectivity index (χ1v) is 5.66. The highest BCUT2D eigenvalue weighted by Gasteiger charge is 2.34. The molecule has 7 heteroatoms. The van der Waals surface area contributed by atoms with Gasteiger partial charge in [-0.2, -0.15) is 0 Å². The molecule has 1 saturated heterocycles. The van der Waals surface area contributed by atoms with Gasteiger partial charge in [0.1, 0.15) is 12.3 Å². The number of hydrogen-bond donors (Lipinski definition) is 3. The van der Waals surface area contributed by atoms with Crippen LogP contribution in [-0.2, 0) is 4.74 Å². The number of aliphatic hydroxyl groups is 2. The van der Waals surface area contributed by atoms with E-state index in [9.17, 15) is 14.7 Å². The van der Waals surface area contributed by atoms with Crippen molar-refractivity contribution in [3.05, 3.63) is 33.1 Å². The van der Waals surface area contributed by atoms with Crippen LogP contribution in [0, 0.1) is 12.3 Å². The van der Waals surface area contributed by atoms with Gasteiger partial charge in [0.05, 0.1) is 12.7 Å². The molecule has 3 atom stereocenters. The minimum atomic E-state index is -0.811. The molecule has 1 aromatic rings. The number of hydrogen-bond acceptors (Lipinski definition) is 5. The van der Waals surface area contributed by atoms with Crippen molar-refractivity contribution in [1.82, 2.24) is 9.55 Å². The highest BCUT2D eigenvalue weighted by atomic mass is 16.5. The molecule has 1 aliphatic heterocycles. The number of terminal acetylenes is 1. The van der Waals surface area contributed by atoms with Crippen molar-refractivity contribution in [3.8, 4) is 12.3 Å². The van der Waals surface area contributed by atoms with Crippen LogP contribution in [0.3, 0.4) is 0 Å². The lowest BCUT2D eigenvalue weighted by Gasteiger charge is -2.13. The zero-order chi connectivity index (χ0) is 14.4. The number of aromatic nitrogens is 2. The van der Waals surface area contributed by atoms with E-state index >= 15 is 0 Å². The topological polar surface area (TPSA) is 105 Å². The molecule has 1 unspecified atom stereocenters. The number of ether oxygens (including phenoxy) is 1. The first kappa shape index (κ1) is 15.2. The van der Waals surface area contributed by atoms with Crippen LogP contribution in [0.1, 0.15) is 19.6 Å². The summed E-state index contributed by atoms with van der Waals surface area (Å²) in [7, 11) is 0. The largest absolute Gasteiger partial charge is 0.394 e. The van der Waals surface area contributed by atoms with Crippen LogP contribution in [-0.4, -0.2) is 38.6 Å². The lowest BCUT2D eigenvalue weighted by atomic mass is 10.2. The van der Waals surface area contributed by atoms with E-state index in [1.165, 1.54) is 16.8 Å². The molecule has 104 valence electrons. The van der Waals surface area contributed by atoms with Gasteiger partial charge in [0, 0.05) is 18.7 Å². The molecule has 7 nitrogen and oxygen atoms in total. The second-order valence-electron chi connectivity index (χ2n) is 3.92. The van der Waals surface area contributed by atoms with Crippen LogP contribution in [0.15, 0.2) is 21.9 Å². The molecule has 3 N–H and O–H groups in total. The van der Waals surface area contributed by atoms with Crippen LogP contribution < -0.4 is 11.2 Å². The lowest BCUT2D eigenvalue weighted by molar-refractivity contribution is -0.0459. The van der Waals surface area contributed by atoms with Crippen LogP contribution in [0.25, 0.3) is 0 Å². The summed E-state index contributed by atoms with van der Waals surface area (Å²) in [5.41, 5.74) is -1.08. The number of nitrogens with one attached hydrogen (secondary N) is 1. The van der Waals surface area contributed by atoms with E-state index in [2.05, 4.69) is 17.3 Å². The van der Waals surface area contributed by atoms with Crippen LogP contribution in [0.5, 0.6) is 0 Å². The maximum absolute atomic E-state index is 11.4. The summed E-state index contributed by atoms with van der Waals surface area (Å²) in [6.07, 6.45) is 3.95. The number of aromatic amines is 1. The molecule has 0 radical (unpaired) electrons. The number of aliphatic hydroxyl groups excluding tert-OH is 2. The number of H-pyrrole nitrogens is 1. The molecule has 0 aliphatic carbocycles. The average Bonchev–Trinajstić information content (AvgIpc) is 2.71. The minimum Gasteiger partial charge on any atom is -0.394 e. The van der Waals surface area contributed by atoms with Gasteiger partial charge < -0.3 is 14.9 Å². The molecule has 0 amide bonds. The summed E-state index contributed by atoms with van der Waals surface area (Å²) < 4.78 is 6.45. The molecular weight excluding hydrogens is 252 g/mol. The Labute approximate surface area is 109 Å². The molecule has 0 spiro atoms. The first-order valence-electron chi connectivity index (χ1n) is 5.66. The Hall–Kier alpha value is -1.88. The van der Waals surface area contributed by atoms with E-state index < -0.39 is 29.7 Å². The first-order chi connectivity index (χ1) is 9.03. The molecule has 0 saturated carbocycles. The molecule has 1 fully saturated rings. The third kappa shape index (κ3) is 3.79. The highest BCUT2D eigenvalue weighted by molar-refractivity contribution is 4.88. The highest BCUT2D eigenvalue weighted by Crippen LogP contribution is 2.26. The van der Waals surface area contributed by atoms with Gasteiger partial charge in [-0.3, -0.25) is 14.3 Å². The average molecular weight is 268 g/mol. The fraction of sp³-hybridized carbons (Fsp3) is 0.500. The van der Waals surface area contributed by atoms with E-state index in [4.69, 9.17) is 9.84 Å². The van der Waals surface area contributed by atoms with Crippen molar-refractivity contribution < 1.29 is 14.9 Å². The normalized spacial score (nSPS) is 25.3. The lowest BCUT2D eigenvalue weighted by Crippen LogP contribution is -2.31. The number of nitrogens with zero attached hydrogens (tertiary/aromatic N) is 1. The van der Waals surface area contributed by atoms with Gasteiger partial charge in [-0.15, -0.1) is 12.3 Å². The third-order valence-corrected chi connectivity index (χ3v) is 2.55. The summed E-state index contributed by atoms with van der Waals surface area (Å²) in [5.74, 6) is 2.25. The number of rotatable bonds is 2. The maximum atomic E-state index is 11.4. The smallest absolute Gasteiger partial charge is 0.330 e. The Balaban J connectivity index is 0.000000550. The Kier molecular flexibility index (Phi) is 5.51. The second-order valence-corrected chi connectivity index (χ2v) is 3.92. The van der Waals surface area contributed by atoms with E-state index in [-0.39, 0.29) is 13.0 Å². The second kappa shape index (κ2) is 6.89. The Morgan fingerprint density at radius 3 is 2.74 bits per heavy atom. The van der Waals surface area contributed by atoms with E-state index in [1.54, 1.807) is 6.92 Å². The quantitative estimate of drug-likeness (QED) is 0.585. The van der Waals surface area contributed by atoms with Gasteiger partial charge in [-0.1, -0.05) is 0 Å². The predicted octanol–water partition coefficient (Wildman–Crippen LogP) is -1.18. The SMILES string of the molecule is C#CC.O=c1ccn(C2C[C@H](O)[C@@H](CO)O2)c(=O)[nH]1. The molecule has 2 rings (SSSR count). The Bertz CT molecular complexity index is 556. The molecule has 2 heterocycles. The zero-order valence-electron chi connectivity index (χ0n) is 10.4. The fourth-order valence-electron chi connectivity index (χ4n) is 1.70. The van der Waals surface area contributed by atoms with Crippen molar-refractivity contribution in [2.45, 2.75) is 31.8 Å². The van der Waals surface area contributed by atoms with Crippen LogP contribution in [0.2, 0.25) is 0 Å². The Morgan fingerprint density at radius 1 is 1.63 bits per heavy atom. The van der Waals surface area contributed by atoms with Crippen molar-refractivity contribution in [1.29, 1.82) is 0 Å².